The standard InChI is InChI=1S/C21H19Cl3N4O2S/c1-4-9-28-19(14-7-5-6-8-17(14)30-3)26-27-21(28)31-12(2)20(29)25-18-15(23)10-13(22)11-16(18)24/h4-8,10-12H,1,9H2,2-3H3,(H,25,29). The van der Waals surface area contributed by atoms with Gasteiger partial charge in [0.25, 0.3) is 0 Å². The summed E-state index contributed by atoms with van der Waals surface area (Å²) in [6.07, 6.45) is 1.74. The maximum absolute atomic E-state index is 12.8. The summed E-state index contributed by atoms with van der Waals surface area (Å²) in [4.78, 5) is 12.8. The first-order valence-electron chi connectivity index (χ1n) is 9.15. The Morgan fingerprint density at radius 2 is 1.94 bits per heavy atom. The summed E-state index contributed by atoms with van der Waals surface area (Å²) < 4.78 is 7.32. The molecule has 0 saturated heterocycles. The molecule has 0 aliphatic carbocycles. The Morgan fingerprint density at radius 1 is 1.26 bits per heavy atom. The van der Waals surface area contributed by atoms with E-state index in [0.717, 1.165) is 5.56 Å². The highest BCUT2D eigenvalue weighted by Crippen LogP contribution is 2.35. The summed E-state index contributed by atoms with van der Waals surface area (Å²) in [7, 11) is 1.60. The second-order valence-corrected chi connectivity index (χ2v) is 8.96. The van der Waals surface area contributed by atoms with Crippen molar-refractivity contribution in [3.63, 3.8) is 0 Å². The lowest BCUT2D eigenvalue weighted by atomic mass is 10.2. The van der Waals surface area contributed by atoms with Gasteiger partial charge in [-0.3, -0.25) is 9.36 Å². The first-order valence-corrected chi connectivity index (χ1v) is 11.2. The number of amides is 1. The van der Waals surface area contributed by atoms with E-state index < -0.39 is 5.25 Å². The van der Waals surface area contributed by atoms with Gasteiger partial charge in [0, 0.05) is 11.6 Å². The van der Waals surface area contributed by atoms with E-state index in [-0.39, 0.29) is 16.0 Å². The average molecular weight is 498 g/mol. The van der Waals surface area contributed by atoms with Crippen molar-refractivity contribution in [2.24, 2.45) is 0 Å². The monoisotopic (exact) mass is 496 g/mol. The van der Waals surface area contributed by atoms with Crippen LogP contribution in [0.15, 0.2) is 54.2 Å². The predicted molar refractivity (Wildman–Crippen MR) is 128 cm³/mol. The molecule has 3 aromatic rings. The second-order valence-electron chi connectivity index (χ2n) is 6.40. The molecule has 1 heterocycles. The smallest absolute Gasteiger partial charge is 0.237 e. The van der Waals surface area contributed by atoms with Crippen LogP contribution in [-0.2, 0) is 11.3 Å². The second kappa shape index (κ2) is 10.4. The topological polar surface area (TPSA) is 69.0 Å². The van der Waals surface area contributed by atoms with Crippen LogP contribution in [0.1, 0.15) is 6.92 Å². The Morgan fingerprint density at radius 3 is 2.58 bits per heavy atom. The third-order valence-corrected chi connectivity index (χ3v) is 6.18. The van der Waals surface area contributed by atoms with E-state index in [4.69, 9.17) is 39.5 Å². The number of allylic oxidation sites excluding steroid dienone is 1. The molecule has 1 atom stereocenters. The molecule has 0 spiro atoms. The van der Waals surface area contributed by atoms with Gasteiger partial charge in [0.15, 0.2) is 11.0 Å². The van der Waals surface area contributed by atoms with E-state index >= 15 is 0 Å². The maximum Gasteiger partial charge on any atom is 0.237 e. The first-order chi connectivity index (χ1) is 14.8. The Bertz CT molecular complexity index is 1100. The van der Waals surface area contributed by atoms with Crippen molar-refractivity contribution in [3.8, 4) is 17.1 Å². The molecule has 31 heavy (non-hydrogen) atoms. The number of nitrogens with zero attached hydrogens (tertiary/aromatic N) is 3. The molecule has 2 aromatic carbocycles. The number of methoxy groups -OCH3 is 1. The number of halogens is 3. The third-order valence-electron chi connectivity index (χ3n) is 4.28. The molecule has 0 aliphatic heterocycles. The number of hydrogen-bond acceptors (Lipinski definition) is 5. The summed E-state index contributed by atoms with van der Waals surface area (Å²) in [6, 6.07) is 10.6. The molecule has 0 saturated carbocycles. The van der Waals surface area contributed by atoms with Gasteiger partial charge in [-0.2, -0.15) is 0 Å². The van der Waals surface area contributed by atoms with Crippen LogP contribution < -0.4 is 10.1 Å². The highest BCUT2D eigenvalue weighted by Gasteiger charge is 2.23. The quantitative estimate of drug-likeness (QED) is 0.295. The number of thioether (sulfide) groups is 1. The number of rotatable bonds is 8. The Hall–Kier alpha value is -2.19. The zero-order chi connectivity index (χ0) is 22.5. The van der Waals surface area contributed by atoms with Crippen molar-refractivity contribution in [2.45, 2.75) is 23.9 Å². The summed E-state index contributed by atoms with van der Waals surface area (Å²) in [5, 5.41) is 12.3. The number of carbonyl (C=O) groups excluding carboxylic acids is 1. The summed E-state index contributed by atoms with van der Waals surface area (Å²) >= 11 is 19.5. The number of hydrogen-bond donors (Lipinski definition) is 1. The van der Waals surface area contributed by atoms with Crippen molar-refractivity contribution in [2.75, 3.05) is 12.4 Å². The predicted octanol–water partition coefficient (Wildman–Crippen LogP) is 6.22. The lowest BCUT2D eigenvalue weighted by Gasteiger charge is -2.15. The van der Waals surface area contributed by atoms with Crippen molar-refractivity contribution < 1.29 is 9.53 Å². The minimum Gasteiger partial charge on any atom is -0.496 e. The Balaban J connectivity index is 1.84. The molecule has 3 rings (SSSR count). The Labute approximate surface area is 199 Å². The molecular formula is C21H19Cl3N4O2S. The highest BCUT2D eigenvalue weighted by atomic mass is 35.5. The fraction of sp³-hybridized carbons (Fsp3) is 0.190. The van der Waals surface area contributed by atoms with Crippen LogP contribution in [0.5, 0.6) is 5.75 Å². The average Bonchev–Trinajstić information content (AvgIpc) is 3.12. The Kier molecular flexibility index (Phi) is 7.89. The molecule has 1 aromatic heterocycles. The van der Waals surface area contributed by atoms with Gasteiger partial charge < -0.3 is 10.1 Å². The molecular weight excluding hydrogens is 479 g/mol. The van der Waals surface area contributed by atoms with Crippen molar-refractivity contribution in [1.82, 2.24) is 14.8 Å². The number of anilines is 1. The normalized spacial score (nSPS) is 11.8. The summed E-state index contributed by atoms with van der Waals surface area (Å²) in [6.45, 7) is 6.04. The lowest BCUT2D eigenvalue weighted by Crippen LogP contribution is -2.23. The maximum atomic E-state index is 12.8. The van der Waals surface area contributed by atoms with E-state index in [1.165, 1.54) is 23.9 Å². The van der Waals surface area contributed by atoms with Crippen LogP contribution in [0.3, 0.4) is 0 Å². The molecule has 0 fully saturated rings. The van der Waals surface area contributed by atoms with Gasteiger partial charge in [0.05, 0.1) is 33.7 Å². The summed E-state index contributed by atoms with van der Waals surface area (Å²) in [5.41, 5.74) is 1.11. The van der Waals surface area contributed by atoms with Crippen LogP contribution in [0.25, 0.3) is 11.4 Å². The number of aromatic nitrogens is 3. The van der Waals surface area contributed by atoms with Gasteiger partial charge >= 0.3 is 0 Å². The van der Waals surface area contributed by atoms with Gasteiger partial charge in [-0.15, -0.1) is 16.8 Å². The fourth-order valence-electron chi connectivity index (χ4n) is 2.80. The van der Waals surface area contributed by atoms with E-state index in [1.54, 1.807) is 20.1 Å². The van der Waals surface area contributed by atoms with E-state index in [9.17, 15) is 4.79 Å². The van der Waals surface area contributed by atoms with E-state index in [2.05, 4.69) is 22.1 Å². The molecule has 1 unspecified atom stereocenters. The fourth-order valence-corrected chi connectivity index (χ4v) is 4.57. The van der Waals surface area contributed by atoms with Gasteiger partial charge in [0.2, 0.25) is 5.91 Å². The SMILES string of the molecule is C=CCn1c(SC(C)C(=O)Nc2c(Cl)cc(Cl)cc2Cl)nnc1-c1ccccc1OC. The largest absolute Gasteiger partial charge is 0.496 e. The zero-order valence-electron chi connectivity index (χ0n) is 16.7. The van der Waals surface area contributed by atoms with E-state index in [1.807, 2.05) is 28.8 Å². The summed E-state index contributed by atoms with van der Waals surface area (Å²) in [5.74, 6) is 1.01. The molecule has 0 aliphatic rings. The van der Waals surface area contributed by atoms with Gasteiger partial charge in [-0.25, -0.2) is 0 Å². The van der Waals surface area contributed by atoms with Crippen LogP contribution in [0.2, 0.25) is 15.1 Å². The molecule has 0 bridgehead atoms. The van der Waals surface area contributed by atoms with Gasteiger partial charge in [-0.1, -0.05) is 64.8 Å². The van der Waals surface area contributed by atoms with Crippen molar-refractivity contribution >= 4 is 58.2 Å². The molecule has 10 heteroatoms. The minimum absolute atomic E-state index is 0.260. The number of nitrogens with one attached hydrogen (secondary N) is 1. The third kappa shape index (κ3) is 5.36. The van der Waals surface area contributed by atoms with Crippen LogP contribution in [0, 0.1) is 0 Å². The number of ether oxygens (including phenoxy) is 1. The van der Waals surface area contributed by atoms with Crippen molar-refractivity contribution in [1.29, 1.82) is 0 Å². The number of benzene rings is 2. The number of para-hydroxylation sites is 1. The van der Waals surface area contributed by atoms with Crippen LogP contribution in [0.4, 0.5) is 5.69 Å². The lowest BCUT2D eigenvalue weighted by molar-refractivity contribution is -0.115. The first kappa shape index (κ1) is 23.5. The molecule has 1 N–H and O–H groups in total. The zero-order valence-corrected chi connectivity index (χ0v) is 19.8. The highest BCUT2D eigenvalue weighted by molar-refractivity contribution is 8.00. The number of carbonyl (C=O) groups is 1. The van der Waals surface area contributed by atoms with Crippen LogP contribution in [-0.4, -0.2) is 33.0 Å². The molecule has 162 valence electrons. The molecule has 6 nitrogen and oxygen atoms in total. The molecule has 1 amide bonds. The minimum atomic E-state index is -0.513. The van der Waals surface area contributed by atoms with Gasteiger partial charge in [0.1, 0.15) is 5.75 Å². The van der Waals surface area contributed by atoms with Crippen molar-refractivity contribution in [3.05, 3.63) is 64.1 Å². The van der Waals surface area contributed by atoms with E-state index in [0.29, 0.717) is 34.0 Å². The van der Waals surface area contributed by atoms with Gasteiger partial charge in [-0.05, 0) is 31.2 Å². The van der Waals surface area contributed by atoms with Crippen LogP contribution >= 0.6 is 46.6 Å². The molecule has 0 radical (unpaired) electrons.